The minimum atomic E-state index is -0.529. The highest BCUT2D eigenvalue weighted by Gasteiger charge is 2.09. The molecule has 0 unspecified atom stereocenters. The summed E-state index contributed by atoms with van der Waals surface area (Å²) in [5.74, 6) is -0.855. The van der Waals surface area contributed by atoms with Crippen LogP contribution in [-0.2, 0) is 4.84 Å². The molecular formula is C18H16FNO2. The first-order valence-electron chi connectivity index (χ1n) is 6.91. The maximum atomic E-state index is 13.0. The number of halogens is 1. The summed E-state index contributed by atoms with van der Waals surface area (Å²) < 4.78 is 13.0. The number of allylic oxidation sites excluding steroid dienone is 1. The van der Waals surface area contributed by atoms with Crippen LogP contribution in [0, 0.1) is 5.82 Å². The van der Waals surface area contributed by atoms with Crippen LogP contribution >= 0.6 is 0 Å². The van der Waals surface area contributed by atoms with E-state index in [2.05, 4.69) is 11.7 Å². The standard InChI is InChI=1S/C18H16FNO2/c1-2-3-9-17(14-10-12-16(19)13-11-14)20-22-18(21)15-7-5-4-6-8-15/h2,4-8,10-13H,1,3,9H2/b20-17+. The third-order valence-corrected chi connectivity index (χ3v) is 3.01. The number of oxime groups is 1. The molecule has 0 aromatic heterocycles. The van der Waals surface area contributed by atoms with Crippen LogP contribution in [0.1, 0.15) is 28.8 Å². The van der Waals surface area contributed by atoms with Crippen molar-refractivity contribution in [3.05, 3.63) is 84.2 Å². The fraction of sp³-hybridized carbons (Fsp3) is 0.111. The van der Waals surface area contributed by atoms with E-state index in [-0.39, 0.29) is 5.82 Å². The summed E-state index contributed by atoms with van der Waals surface area (Å²) in [6, 6.07) is 14.5. The summed E-state index contributed by atoms with van der Waals surface area (Å²) in [7, 11) is 0. The van der Waals surface area contributed by atoms with E-state index in [9.17, 15) is 9.18 Å². The van der Waals surface area contributed by atoms with Crippen LogP contribution < -0.4 is 0 Å². The molecule has 4 heteroatoms. The van der Waals surface area contributed by atoms with Gasteiger partial charge in [0.1, 0.15) is 5.82 Å². The van der Waals surface area contributed by atoms with E-state index in [4.69, 9.17) is 4.84 Å². The second kappa shape index (κ2) is 7.88. The summed E-state index contributed by atoms with van der Waals surface area (Å²) >= 11 is 0. The fourth-order valence-electron chi connectivity index (χ4n) is 1.85. The molecule has 0 saturated carbocycles. The third kappa shape index (κ3) is 4.38. The van der Waals surface area contributed by atoms with Crippen molar-refractivity contribution in [2.75, 3.05) is 0 Å². The smallest absolute Gasteiger partial charge is 0.313 e. The van der Waals surface area contributed by atoms with Crippen LogP contribution in [0.5, 0.6) is 0 Å². The Labute approximate surface area is 128 Å². The first kappa shape index (κ1) is 15.6. The Morgan fingerprint density at radius 2 is 1.77 bits per heavy atom. The molecule has 0 aliphatic heterocycles. The summed E-state index contributed by atoms with van der Waals surface area (Å²) in [5.41, 5.74) is 1.71. The van der Waals surface area contributed by atoms with E-state index in [0.717, 1.165) is 0 Å². The van der Waals surface area contributed by atoms with Gasteiger partial charge in [0.2, 0.25) is 0 Å². The Hall–Kier alpha value is -2.75. The molecule has 22 heavy (non-hydrogen) atoms. The van der Waals surface area contributed by atoms with Gasteiger partial charge < -0.3 is 4.84 Å². The maximum absolute atomic E-state index is 13.0. The van der Waals surface area contributed by atoms with Gasteiger partial charge in [0, 0.05) is 0 Å². The number of benzene rings is 2. The number of hydrogen-bond acceptors (Lipinski definition) is 3. The summed E-state index contributed by atoms with van der Waals surface area (Å²) in [4.78, 5) is 16.9. The summed E-state index contributed by atoms with van der Waals surface area (Å²) in [6.45, 7) is 3.66. The molecule has 0 bridgehead atoms. The zero-order chi connectivity index (χ0) is 15.8. The van der Waals surface area contributed by atoms with Gasteiger partial charge in [-0.15, -0.1) is 6.58 Å². The van der Waals surface area contributed by atoms with Gasteiger partial charge in [-0.1, -0.05) is 41.6 Å². The molecule has 0 heterocycles. The molecule has 2 rings (SSSR count). The van der Waals surface area contributed by atoms with Gasteiger partial charge in [-0.2, -0.15) is 0 Å². The van der Waals surface area contributed by atoms with E-state index in [1.807, 2.05) is 6.07 Å². The predicted octanol–water partition coefficient (Wildman–Crippen LogP) is 4.35. The van der Waals surface area contributed by atoms with Crippen molar-refractivity contribution in [2.45, 2.75) is 12.8 Å². The Bertz CT molecular complexity index is 663. The van der Waals surface area contributed by atoms with Crippen molar-refractivity contribution in [3.63, 3.8) is 0 Å². The van der Waals surface area contributed by atoms with Crippen LogP contribution in [0.4, 0.5) is 4.39 Å². The van der Waals surface area contributed by atoms with E-state index in [0.29, 0.717) is 29.7 Å². The van der Waals surface area contributed by atoms with E-state index in [1.165, 1.54) is 12.1 Å². The molecule has 0 aliphatic rings. The Balaban J connectivity index is 2.16. The van der Waals surface area contributed by atoms with Crippen molar-refractivity contribution >= 4 is 11.7 Å². The predicted molar refractivity (Wildman–Crippen MR) is 84.2 cm³/mol. The first-order valence-corrected chi connectivity index (χ1v) is 6.91. The van der Waals surface area contributed by atoms with Crippen molar-refractivity contribution in [2.24, 2.45) is 5.16 Å². The molecule has 0 saturated heterocycles. The van der Waals surface area contributed by atoms with Crippen molar-refractivity contribution in [3.8, 4) is 0 Å². The highest BCUT2D eigenvalue weighted by atomic mass is 19.1. The Morgan fingerprint density at radius 3 is 2.41 bits per heavy atom. The van der Waals surface area contributed by atoms with Gasteiger partial charge in [-0.05, 0) is 42.7 Å². The molecule has 0 fully saturated rings. The lowest BCUT2D eigenvalue weighted by Crippen LogP contribution is -2.06. The van der Waals surface area contributed by atoms with E-state index >= 15 is 0 Å². The zero-order valence-electron chi connectivity index (χ0n) is 12.0. The van der Waals surface area contributed by atoms with Gasteiger partial charge in [0.15, 0.2) is 0 Å². The van der Waals surface area contributed by atoms with Crippen molar-refractivity contribution in [1.29, 1.82) is 0 Å². The van der Waals surface area contributed by atoms with Gasteiger partial charge in [0.25, 0.3) is 0 Å². The lowest BCUT2D eigenvalue weighted by Gasteiger charge is -2.05. The molecule has 0 N–H and O–H groups in total. The molecule has 0 aliphatic carbocycles. The molecule has 3 nitrogen and oxygen atoms in total. The number of nitrogens with zero attached hydrogens (tertiary/aromatic N) is 1. The first-order chi connectivity index (χ1) is 10.7. The van der Waals surface area contributed by atoms with E-state index in [1.54, 1.807) is 42.5 Å². The van der Waals surface area contributed by atoms with E-state index < -0.39 is 5.97 Å². The lowest BCUT2D eigenvalue weighted by atomic mass is 10.1. The molecule has 0 amide bonds. The van der Waals surface area contributed by atoms with Crippen LogP contribution in [0.25, 0.3) is 0 Å². The normalized spacial score (nSPS) is 11.0. The van der Waals surface area contributed by atoms with Crippen LogP contribution in [0.15, 0.2) is 72.4 Å². The average Bonchev–Trinajstić information content (AvgIpc) is 2.56. The fourth-order valence-corrected chi connectivity index (χ4v) is 1.85. The zero-order valence-corrected chi connectivity index (χ0v) is 12.0. The highest BCUT2D eigenvalue weighted by Crippen LogP contribution is 2.10. The molecule has 112 valence electrons. The third-order valence-electron chi connectivity index (χ3n) is 3.01. The van der Waals surface area contributed by atoms with Crippen LogP contribution in [0.2, 0.25) is 0 Å². The largest absolute Gasteiger partial charge is 0.365 e. The summed E-state index contributed by atoms with van der Waals surface area (Å²) in [6.07, 6.45) is 2.98. The Morgan fingerprint density at radius 1 is 1.09 bits per heavy atom. The average molecular weight is 297 g/mol. The molecule has 0 spiro atoms. The highest BCUT2D eigenvalue weighted by molar-refractivity contribution is 6.01. The van der Waals surface area contributed by atoms with Gasteiger partial charge in [-0.3, -0.25) is 0 Å². The molecule has 0 radical (unpaired) electrons. The molecule has 0 atom stereocenters. The van der Waals surface area contributed by atoms with Gasteiger partial charge >= 0.3 is 5.97 Å². The quantitative estimate of drug-likeness (QED) is 0.344. The molecule has 2 aromatic rings. The molecular weight excluding hydrogens is 281 g/mol. The number of hydrogen-bond donors (Lipinski definition) is 0. The SMILES string of the molecule is C=CCC/C(=N\OC(=O)c1ccccc1)c1ccc(F)cc1. The van der Waals surface area contributed by atoms with Crippen LogP contribution in [0.3, 0.4) is 0 Å². The van der Waals surface area contributed by atoms with Crippen molar-refractivity contribution in [1.82, 2.24) is 0 Å². The number of rotatable bonds is 6. The lowest BCUT2D eigenvalue weighted by molar-refractivity contribution is 0.0515. The van der Waals surface area contributed by atoms with Crippen molar-refractivity contribution < 1.29 is 14.0 Å². The second-order valence-corrected chi connectivity index (χ2v) is 4.62. The monoisotopic (exact) mass is 297 g/mol. The molecule has 2 aromatic carbocycles. The topological polar surface area (TPSA) is 38.7 Å². The minimum absolute atomic E-state index is 0.326. The second-order valence-electron chi connectivity index (χ2n) is 4.62. The van der Waals surface area contributed by atoms with Gasteiger partial charge in [0.05, 0.1) is 11.3 Å². The van der Waals surface area contributed by atoms with Gasteiger partial charge in [-0.25, -0.2) is 9.18 Å². The number of carbonyl (C=O) groups is 1. The number of carbonyl (C=O) groups excluding carboxylic acids is 1. The van der Waals surface area contributed by atoms with Crippen LogP contribution in [-0.4, -0.2) is 11.7 Å². The maximum Gasteiger partial charge on any atom is 0.365 e. The summed E-state index contributed by atoms with van der Waals surface area (Å²) in [5, 5.41) is 3.93. The minimum Gasteiger partial charge on any atom is -0.313 e. The Kier molecular flexibility index (Phi) is 5.60.